The van der Waals surface area contributed by atoms with Crippen molar-refractivity contribution in [1.29, 1.82) is 0 Å². The fourth-order valence-electron chi connectivity index (χ4n) is 2.14. The molecule has 0 aliphatic heterocycles. The van der Waals surface area contributed by atoms with E-state index in [0.29, 0.717) is 0 Å². The van der Waals surface area contributed by atoms with E-state index in [-0.39, 0.29) is 0 Å². The predicted octanol–water partition coefficient (Wildman–Crippen LogP) is 2.29. The van der Waals surface area contributed by atoms with Gasteiger partial charge in [0.25, 0.3) is 0 Å². The van der Waals surface area contributed by atoms with Crippen molar-refractivity contribution >= 4 is 0 Å². The van der Waals surface area contributed by atoms with Gasteiger partial charge in [0.05, 0.1) is 12.7 Å². The maximum absolute atomic E-state index is 10.1. The normalized spacial score (nSPS) is 18.0. The van der Waals surface area contributed by atoms with Crippen molar-refractivity contribution in [2.24, 2.45) is 0 Å². The van der Waals surface area contributed by atoms with E-state index in [0.717, 1.165) is 35.3 Å². The van der Waals surface area contributed by atoms with E-state index in [2.05, 4.69) is 0 Å². The molecule has 2 rings (SSSR count). The molecule has 2 nitrogen and oxygen atoms in total. The zero-order valence-electron chi connectivity index (χ0n) is 8.92. The fraction of sp³-hybridized carbons (Fsp3) is 0.500. The smallest absolute Gasteiger partial charge is 0.119 e. The van der Waals surface area contributed by atoms with Crippen LogP contribution in [-0.4, -0.2) is 12.2 Å². The second-order valence-corrected chi connectivity index (χ2v) is 4.17. The first-order chi connectivity index (χ1) is 6.57. The monoisotopic (exact) mass is 192 g/mol. The molecule has 1 N–H and O–H groups in total. The molecule has 0 amide bonds. The first-order valence-corrected chi connectivity index (χ1v) is 4.95. The van der Waals surface area contributed by atoms with Gasteiger partial charge in [0, 0.05) is 0 Å². The van der Waals surface area contributed by atoms with Crippen LogP contribution in [0.5, 0.6) is 5.75 Å². The lowest BCUT2D eigenvalue weighted by Gasteiger charge is -2.16. The summed E-state index contributed by atoms with van der Waals surface area (Å²) in [6.07, 6.45) is 1.78. The number of ether oxygens (including phenoxy) is 1. The summed E-state index contributed by atoms with van der Waals surface area (Å²) in [7, 11) is 1.67. The molecule has 1 fully saturated rings. The number of hydrogen-bond donors (Lipinski definition) is 1. The Morgan fingerprint density at radius 1 is 1.21 bits per heavy atom. The molecule has 76 valence electrons. The SMILES string of the molecule is COc1cc(C)c(C2(O)CC2)c(C)c1. The third-order valence-corrected chi connectivity index (χ3v) is 2.93. The summed E-state index contributed by atoms with van der Waals surface area (Å²) in [6.45, 7) is 4.06. The largest absolute Gasteiger partial charge is 0.497 e. The standard InChI is InChI=1S/C12H16O2/c1-8-6-10(14-3)7-9(2)11(8)12(13)4-5-12/h6-7,13H,4-5H2,1-3H3. The van der Waals surface area contributed by atoms with Crippen LogP contribution in [0.4, 0.5) is 0 Å². The molecule has 1 aromatic rings. The molecule has 0 atom stereocenters. The maximum atomic E-state index is 10.1. The van der Waals surface area contributed by atoms with Gasteiger partial charge in [0.2, 0.25) is 0 Å². The van der Waals surface area contributed by atoms with E-state index < -0.39 is 5.60 Å². The van der Waals surface area contributed by atoms with Gasteiger partial charge in [-0.15, -0.1) is 0 Å². The van der Waals surface area contributed by atoms with E-state index in [1.54, 1.807) is 7.11 Å². The molecule has 2 heteroatoms. The quantitative estimate of drug-likeness (QED) is 0.779. The summed E-state index contributed by atoms with van der Waals surface area (Å²) in [5.41, 5.74) is 2.81. The Balaban J connectivity index is 2.50. The Morgan fingerprint density at radius 2 is 1.71 bits per heavy atom. The minimum atomic E-state index is -0.541. The molecule has 0 spiro atoms. The molecule has 0 bridgehead atoms. The summed E-state index contributed by atoms with van der Waals surface area (Å²) in [4.78, 5) is 0. The topological polar surface area (TPSA) is 29.5 Å². The number of rotatable bonds is 2. The summed E-state index contributed by atoms with van der Waals surface area (Å²) in [5, 5.41) is 10.1. The highest BCUT2D eigenvalue weighted by atomic mass is 16.5. The van der Waals surface area contributed by atoms with Crippen LogP contribution in [0.2, 0.25) is 0 Å². The van der Waals surface area contributed by atoms with Gasteiger partial charge in [-0.3, -0.25) is 0 Å². The van der Waals surface area contributed by atoms with Gasteiger partial charge >= 0.3 is 0 Å². The fourth-order valence-corrected chi connectivity index (χ4v) is 2.14. The van der Waals surface area contributed by atoms with Crippen molar-refractivity contribution in [3.8, 4) is 5.75 Å². The van der Waals surface area contributed by atoms with E-state index in [1.807, 2.05) is 26.0 Å². The number of methoxy groups -OCH3 is 1. The van der Waals surface area contributed by atoms with Crippen LogP contribution < -0.4 is 4.74 Å². The van der Waals surface area contributed by atoms with Gasteiger partial charge in [-0.05, 0) is 55.5 Å². The summed E-state index contributed by atoms with van der Waals surface area (Å²) < 4.78 is 5.18. The average Bonchev–Trinajstić information content (AvgIpc) is 2.82. The third kappa shape index (κ3) is 1.40. The van der Waals surface area contributed by atoms with Crippen LogP contribution in [0, 0.1) is 13.8 Å². The van der Waals surface area contributed by atoms with Gasteiger partial charge in [-0.1, -0.05) is 0 Å². The van der Waals surface area contributed by atoms with E-state index >= 15 is 0 Å². The molecular formula is C12H16O2. The molecule has 0 radical (unpaired) electrons. The number of hydrogen-bond acceptors (Lipinski definition) is 2. The van der Waals surface area contributed by atoms with Crippen LogP contribution in [-0.2, 0) is 5.60 Å². The highest BCUT2D eigenvalue weighted by Crippen LogP contribution is 2.48. The second kappa shape index (κ2) is 2.99. The van der Waals surface area contributed by atoms with E-state index in [4.69, 9.17) is 4.74 Å². The second-order valence-electron chi connectivity index (χ2n) is 4.17. The lowest BCUT2D eigenvalue weighted by atomic mass is 9.96. The number of benzene rings is 1. The zero-order chi connectivity index (χ0) is 10.3. The molecular weight excluding hydrogens is 176 g/mol. The van der Waals surface area contributed by atoms with Crippen LogP contribution >= 0.6 is 0 Å². The lowest BCUT2D eigenvalue weighted by molar-refractivity contribution is 0.150. The van der Waals surface area contributed by atoms with E-state index in [1.165, 1.54) is 0 Å². The minimum Gasteiger partial charge on any atom is -0.497 e. The first-order valence-electron chi connectivity index (χ1n) is 4.95. The van der Waals surface area contributed by atoms with Gasteiger partial charge in [-0.2, -0.15) is 0 Å². The maximum Gasteiger partial charge on any atom is 0.119 e. The third-order valence-electron chi connectivity index (χ3n) is 2.93. The van der Waals surface area contributed by atoms with Crippen LogP contribution in [0.15, 0.2) is 12.1 Å². The Kier molecular flexibility index (Phi) is 2.04. The molecule has 0 unspecified atom stereocenters. The Bertz CT molecular complexity index is 342. The van der Waals surface area contributed by atoms with Crippen LogP contribution in [0.25, 0.3) is 0 Å². The molecule has 0 saturated heterocycles. The Morgan fingerprint density at radius 3 is 2.07 bits per heavy atom. The molecule has 0 heterocycles. The van der Waals surface area contributed by atoms with Crippen molar-refractivity contribution < 1.29 is 9.84 Å². The molecule has 1 aliphatic carbocycles. The molecule has 0 aromatic heterocycles. The van der Waals surface area contributed by atoms with E-state index in [9.17, 15) is 5.11 Å². The van der Waals surface area contributed by atoms with Gasteiger partial charge in [-0.25, -0.2) is 0 Å². The Hall–Kier alpha value is -1.02. The molecule has 1 aliphatic rings. The van der Waals surface area contributed by atoms with Crippen molar-refractivity contribution in [1.82, 2.24) is 0 Å². The van der Waals surface area contributed by atoms with Gasteiger partial charge < -0.3 is 9.84 Å². The molecule has 1 aromatic carbocycles. The average molecular weight is 192 g/mol. The number of aryl methyl sites for hydroxylation is 2. The molecule has 1 saturated carbocycles. The summed E-state index contributed by atoms with van der Waals surface area (Å²) >= 11 is 0. The van der Waals surface area contributed by atoms with Crippen LogP contribution in [0.3, 0.4) is 0 Å². The summed E-state index contributed by atoms with van der Waals surface area (Å²) in [5.74, 6) is 0.869. The predicted molar refractivity (Wildman–Crippen MR) is 55.6 cm³/mol. The highest BCUT2D eigenvalue weighted by Gasteiger charge is 2.44. The Labute approximate surface area is 84.5 Å². The number of aliphatic hydroxyl groups is 1. The van der Waals surface area contributed by atoms with Gasteiger partial charge in [0.15, 0.2) is 0 Å². The van der Waals surface area contributed by atoms with Crippen molar-refractivity contribution in [2.75, 3.05) is 7.11 Å². The zero-order valence-corrected chi connectivity index (χ0v) is 8.92. The van der Waals surface area contributed by atoms with Gasteiger partial charge in [0.1, 0.15) is 5.75 Å². The minimum absolute atomic E-state index is 0.541. The van der Waals surface area contributed by atoms with Crippen molar-refractivity contribution in [3.63, 3.8) is 0 Å². The summed E-state index contributed by atoms with van der Waals surface area (Å²) in [6, 6.07) is 3.97. The first kappa shape index (κ1) is 9.53. The molecule has 14 heavy (non-hydrogen) atoms. The van der Waals surface area contributed by atoms with Crippen molar-refractivity contribution in [3.05, 3.63) is 28.8 Å². The highest BCUT2D eigenvalue weighted by molar-refractivity contribution is 5.46. The van der Waals surface area contributed by atoms with Crippen molar-refractivity contribution in [2.45, 2.75) is 32.3 Å². The lowest BCUT2D eigenvalue weighted by Crippen LogP contribution is -2.09. The van der Waals surface area contributed by atoms with Crippen LogP contribution in [0.1, 0.15) is 29.5 Å².